The molecule has 1 N–H and O–H groups in total. The number of phenols is 1. The molecule has 17 heavy (non-hydrogen) atoms. The number of rotatable bonds is 5. The first kappa shape index (κ1) is 13.6. The average molecular weight is 235 g/mol. The van der Waals surface area contributed by atoms with Gasteiger partial charge in [0.2, 0.25) is 5.91 Å². The first-order chi connectivity index (χ1) is 8.10. The third-order valence-corrected chi connectivity index (χ3v) is 2.95. The van der Waals surface area contributed by atoms with E-state index in [2.05, 4.69) is 0 Å². The third kappa shape index (κ3) is 3.48. The second-order valence-corrected chi connectivity index (χ2v) is 4.20. The van der Waals surface area contributed by atoms with Crippen LogP contribution in [0.4, 0.5) is 0 Å². The second kappa shape index (κ2) is 6.28. The van der Waals surface area contributed by atoms with E-state index in [1.54, 1.807) is 18.2 Å². The highest BCUT2D eigenvalue weighted by atomic mass is 16.3. The van der Waals surface area contributed by atoms with Crippen molar-refractivity contribution in [3.8, 4) is 5.75 Å². The first-order valence-corrected chi connectivity index (χ1v) is 6.18. The summed E-state index contributed by atoms with van der Waals surface area (Å²) in [6.45, 7) is 6.67. The van der Waals surface area contributed by atoms with E-state index in [4.69, 9.17) is 0 Å². The smallest absolute Gasteiger partial charge is 0.223 e. The summed E-state index contributed by atoms with van der Waals surface area (Å²) in [5.74, 6) is 0.416. The van der Waals surface area contributed by atoms with E-state index in [9.17, 15) is 9.90 Å². The minimum Gasteiger partial charge on any atom is -0.508 e. The number of benzene rings is 1. The molecule has 1 unspecified atom stereocenters. The molecule has 0 saturated carbocycles. The Morgan fingerprint density at radius 3 is 2.65 bits per heavy atom. The fourth-order valence-electron chi connectivity index (χ4n) is 1.99. The normalized spacial score (nSPS) is 12.2. The van der Waals surface area contributed by atoms with Gasteiger partial charge in [0.1, 0.15) is 5.75 Å². The summed E-state index contributed by atoms with van der Waals surface area (Å²) < 4.78 is 0. The molecule has 3 heteroatoms. The molecule has 94 valence electrons. The van der Waals surface area contributed by atoms with Gasteiger partial charge >= 0.3 is 0 Å². The molecule has 0 aliphatic heterocycles. The number of nitrogens with zero attached hydrogens (tertiary/aromatic N) is 1. The highest BCUT2D eigenvalue weighted by molar-refractivity contribution is 5.76. The first-order valence-electron chi connectivity index (χ1n) is 6.18. The zero-order valence-electron chi connectivity index (χ0n) is 10.8. The Kier molecular flexibility index (Phi) is 5.01. The summed E-state index contributed by atoms with van der Waals surface area (Å²) in [6.07, 6.45) is 1.44. The van der Waals surface area contributed by atoms with E-state index >= 15 is 0 Å². The summed E-state index contributed by atoms with van der Waals surface area (Å²) in [4.78, 5) is 13.8. The van der Waals surface area contributed by atoms with Crippen LogP contribution in [-0.2, 0) is 4.79 Å². The van der Waals surface area contributed by atoms with E-state index in [0.29, 0.717) is 13.0 Å². The zero-order chi connectivity index (χ0) is 12.8. The van der Waals surface area contributed by atoms with E-state index in [-0.39, 0.29) is 17.7 Å². The summed E-state index contributed by atoms with van der Waals surface area (Å²) in [5.41, 5.74) is 0.969. The number of carbonyl (C=O) groups is 1. The standard InChI is InChI=1S/C14H21NO2/c1-4-7-14(17)15(5-2)11(3)12-8-6-9-13(16)10-12/h6,8-11,16H,4-5,7H2,1-3H3. The monoisotopic (exact) mass is 235 g/mol. The van der Waals surface area contributed by atoms with Crippen LogP contribution in [0.3, 0.4) is 0 Å². The van der Waals surface area contributed by atoms with Gasteiger partial charge in [0.05, 0.1) is 6.04 Å². The lowest BCUT2D eigenvalue weighted by Gasteiger charge is -2.28. The van der Waals surface area contributed by atoms with Crippen molar-refractivity contribution >= 4 is 5.91 Å². The lowest BCUT2D eigenvalue weighted by atomic mass is 10.1. The van der Waals surface area contributed by atoms with Crippen molar-refractivity contribution < 1.29 is 9.90 Å². The van der Waals surface area contributed by atoms with Gasteiger partial charge in [0, 0.05) is 13.0 Å². The number of amides is 1. The van der Waals surface area contributed by atoms with Gasteiger partial charge in [0.15, 0.2) is 0 Å². The summed E-state index contributed by atoms with van der Waals surface area (Å²) in [7, 11) is 0. The Bertz CT molecular complexity index is 376. The third-order valence-electron chi connectivity index (χ3n) is 2.95. The van der Waals surface area contributed by atoms with E-state index in [1.807, 2.05) is 31.7 Å². The van der Waals surface area contributed by atoms with Gasteiger partial charge in [-0.25, -0.2) is 0 Å². The van der Waals surface area contributed by atoms with Crippen molar-refractivity contribution in [2.45, 2.75) is 39.7 Å². The topological polar surface area (TPSA) is 40.5 Å². The maximum Gasteiger partial charge on any atom is 0.223 e. The van der Waals surface area contributed by atoms with Crippen LogP contribution in [-0.4, -0.2) is 22.5 Å². The van der Waals surface area contributed by atoms with Crippen molar-refractivity contribution in [3.05, 3.63) is 29.8 Å². The van der Waals surface area contributed by atoms with Crippen LogP contribution in [0.15, 0.2) is 24.3 Å². The van der Waals surface area contributed by atoms with E-state index in [1.165, 1.54) is 0 Å². The van der Waals surface area contributed by atoms with Gasteiger partial charge in [-0.15, -0.1) is 0 Å². The molecular formula is C14H21NO2. The maximum atomic E-state index is 11.9. The van der Waals surface area contributed by atoms with Gasteiger partial charge in [-0.2, -0.15) is 0 Å². The molecule has 0 spiro atoms. The predicted octanol–water partition coefficient (Wildman–Crippen LogP) is 3.10. The lowest BCUT2D eigenvalue weighted by molar-refractivity contribution is -0.133. The molecule has 0 bridgehead atoms. The fourth-order valence-corrected chi connectivity index (χ4v) is 1.99. The number of hydrogen-bond acceptors (Lipinski definition) is 2. The molecular weight excluding hydrogens is 214 g/mol. The van der Waals surface area contributed by atoms with Crippen molar-refractivity contribution in [1.29, 1.82) is 0 Å². The number of aromatic hydroxyl groups is 1. The quantitative estimate of drug-likeness (QED) is 0.852. The minimum atomic E-state index is 0.00569. The summed E-state index contributed by atoms with van der Waals surface area (Å²) in [6, 6.07) is 7.10. The van der Waals surface area contributed by atoms with E-state index in [0.717, 1.165) is 12.0 Å². The molecule has 1 atom stereocenters. The molecule has 3 nitrogen and oxygen atoms in total. The van der Waals surface area contributed by atoms with E-state index < -0.39 is 0 Å². The highest BCUT2D eigenvalue weighted by Crippen LogP contribution is 2.23. The Morgan fingerprint density at radius 1 is 1.41 bits per heavy atom. The van der Waals surface area contributed by atoms with Crippen molar-refractivity contribution in [2.24, 2.45) is 0 Å². The molecule has 0 aliphatic carbocycles. The molecule has 1 aromatic rings. The van der Waals surface area contributed by atoms with Gasteiger partial charge in [-0.1, -0.05) is 19.1 Å². The highest BCUT2D eigenvalue weighted by Gasteiger charge is 2.19. The second-order valence-electron chi connectivity index (χ2n) is 4.20. The summed E-state index contributed by atoms with van der Waals surface area (Å²) in [5, 5.41) is 9.45. The molecule has 0 aromatic heterocycles. The maximum absolute atomic E-state index is 11.9. The number of hydrogen-bond donors (Lipinski definition) is 1. The van der Waals surface area contributed by atoms with Crippen LogP contribution in [0, 0.1) is 0 Å². The molecule has 1 amide bonds. The van der Waals surface area contributed by atoms with Crippen LogP contribution in [0.1, 0.15) is 45.2 Å². The van der Waals surface area contributed by atoms with Crippen molar-refractivity contribution in [3.63, 3.8) is 0 Å². The Hall–Kier alpha value is -1.51. The summed E-state index contributed by atoms with van der Waals surface area (Å²) >= 11 is 0. The molecule has 0 aliphatic rings. The molecule has 1 aromatic carbocycles. The SMILES string of the molecule is CCCC(=O)N(CC)C(C)c1cccc(O)c1. The number of phenolic OH excluding ortho intramolecular Hbond substituents is 1. The van der Waals surface area contributed by atoms with Gasteiger partial charge in [-0.3, -0.25) is 4.79 Å². The Labute approximate surface area is 103 Å². The van der Waals surface area contributed by atoms with Crippen molar-refractivity contribution in [2.75, 3.05) is 6.54 Å². The average Bonchev–Trinajstić information content (AvgIpc) is 2.30. The van der Waals surface area contributed by atoms with Crippen LogP contribution in [0.25, 0.3) is 0 Å². The Morgan fingerprint density at radius 2 is 2.12 bits per heavy atom. The molecule has 1 rings (SSSR count). The van der Waals surface area contributed by atoms with Crippen LogP contribution < -0.4 is 0 Å². The lowest BCUT2D eigenvalue weighted by Crippen LogP contribution is -2.33. The van der Waals surface area contributed by atoms with Crippen LogP contribution in [0.2, 0.25) is 0 Å². The molecule has 0 heterocycles. The predicted molar refractivity (Wildman–Crippen MR) is 68.8 cm³/mol. The largest absolute Gasteiger partial charge is 0.508 e. The molecule has 0 fully saturated rings. The van der Waals surface area contributed by atoms with Gasteiger partial charge < -0.3 is 10.0 Å². The number of carbonyl (C=O) groups excluding carboxylic acids is 1. The Balaban J connectivity index is 2.85. The molecule has 0 radical (unpaired) electrons. The zero-order valence-corrected chi connectivity index (χ0v) is 10.8. The van der Waals surface area contributed by atoms with Crippen LogP contribution >= 0.6 is 0 Å². The van der Waals surface area contributed by atoms with Crippen molar-refractivity contribution in [1.82, 2.24) is 4.90 Å². The minimum absolute atomic E-state index is 0.00569. The van der Waals surface area contributed by atoms with Gasteiger partial charge in [0.25, 0.3) is 0 Å². The fraction of sp³-hybridized carbons (Fsp3) is 0.500. The van der Waals surface area contributed by atoms with Crippen LogP contribution in [0.5, 0.6) is 5.75 Å². The molecule has 0 saturated heterocycles. The van der Waals surface area contributed by atoms with Gasteiger partial charge in [-0.05, 0) is 38.0 Å².